The second-order valence-electron chi connectivity index (χ2n) is 7.74. The zero-order valence-electron chi connectivity index (χ0n) is 18.5. The lowest BCUT2D eigenvalue weighted by Crippen LogP contribution is -2.35. The number of furan rings is 1. The summed E-state index contributed by atoms with van der Waals surface area (Å²) in [5.41, 5.74) is 1.39. The molecule has 4 rings (SSSR count). The first-order valence-electron chi connectivity index (χ1n) is 10.8. The van der Waals surface area contributed by atoms with Crippen LogP contribution in [0.25, 0.3) is 0 Å². The number of hydrogen-bond acceptors (Lipinski definition) is 8. The molecule has 0 spiro atoms. The molecule has 0 bridgehead atoms. The normalized spacial score (nSPS) is 14.9. The summed E-state index contributed by atoms with van der Waals surface area (Å²) in [6.45, 7) is 2.01. The Hall–Kier alpha value is -3.79. The summed E-state index contributed by atoms with van der Waals surface area (Å²) in [7, 11) is 0. The second kappa shape index (κ2) is 10.4. The molecule has 2 amide bonds. The van der Waals surface area contributed by atoms with Gasteiger partial charge in [-0.25, -0.2) is 9.78 Å². The number of ether oxygens (including phenoxy) is 1. The molecule has 9 nitrogen and oxygen atoms in total. The van der Waals surface area contributed by atoms with Gasteiger partial charge in [0, 0.05) is 12.8 Å². The number of esters is 1. The van der Waals surface area contributed by atoms with Crippen molar-refractivity contribution in [2.24, 2.45) is 5.92 Å². The molecule has 1 aliphatic carbocycles. The van der Waals surface area contributed by atoms with Crippen molar-refractivity contribution in [2.45, 2.75) is 32.7 Å². The van der Waals surface area contributed by atoms with E-state index in [-0.39, 0.29) is 49.4 Å². The van der Waals surface area contributed by atoms with E-state index in [0.717, 1.165) is 16.9 Å². The van der Waals surface area contributed by atoms with Crippen LogP contribution in [0.1, 0.15) is 50.6 Å². The molecule has 3 aromatic rings. The molecular formula is C24H23N3O6S. The van der Waals surface area contributed by atoms with E-state index in [0.29, 0.717) is 27.9 Å². The third-order valence-electron chi connectivity index (χ3n) is 5.22. The SMILES string of the molecule is CCOC(=O)c1ccc(CNC(=O)C2CC(=O)c3sc(NC(=O)Cc4ccccc4)nc3C2)o1. The molecule has 2 heterocycles. The van der Waals surface area contributed by atoms with Gasteiger partial charge in [0.15, 0.2) is 10.9 Å². The van der Waals surface area contributed by atoms with Crippen LogP contribution in [0.15, 0.2) is 46.9 Å². The number of rotatable bonds is 8. The van der Waals surface area contributed by atoms with Crippen molar-refractivity contribution in [1.29, 1.82) is 0 Å². The Kier molecular flexibility index (Phi) is 7.17. The van der Waals surface area contributed by atoms with Gasteiger partial charge in [-0.1, -0.05) is 41.7 Å². The van der Waals surface area contributed by atoms with E-state index in [1.165, 1.54) is 6.07 Å². The summed E-state index contributed by atoms with van der Waals surface area (Å²) < 4.78 is 10.3. The van der Waals surface area contributed by atoms with Crippen LogP contribution in [-0.2, 0) is 33.7 Å². The summed E-state index contributed by atoms with van der Waals surface area (Å²) in [4.78, 5) is 54.1. The quantitative estimate of drug-likeness (QED) is 0.473. The van der Waals surface area contributed by atoms with E-state index in [1.807, 2.05) is 30.3 Å². The number of ketones is 1. The van der Waals surface area contributed by atoms with Crippen LogP contribution in [0.2, 0.25) is 0 Å². The lowest BCUT2D eigenvalue weighted by molar-refractivity contribution is -0.125. The zero-order valence-corrected chi connectivity index (χ0v) is 19.3. The molecule has 2 N–H and O–H groups in total. The smallest absolute Gasteiger partial charge is 0.374 e. The molecule has 1 atom stereocenters. The molecule has 1 aromatic carbocycles. The summed E-state index contributed by atoms with van der Waals surface area (Å²) in [5.74, 6) is -1.39. The Labute approximate surface area is 199 Å². The summed E-state index contributed by atoms with van der Waals surface area (Å²) >= 11 is 1.13. The minimum absolute atomic E-state index is 0.0602. The molecule has 2 aromatic heterocycles. The average molecular weight is 482 g/mol. The molecular weight excluding hydrogens is 458 g/mol. The molecule has 0 aliphatic heterocycles. The van der Waals surface area contributed by atoms with Crippen molar-refractivity contribution in [3.05, 3.63) is 70.1 Å². The van der Waals surface area contributed by atoms with E-state index in [1.54, 1.807) is 13.0 Å². The first kappa shape index (κ1) is 23.4. The zero-order chi connectivity index (χ0) is 24.1. The van der Waals surface area contributed by atoms with Crippen molar-refractivity contribution < 1.29 is 28.3 Å². The number of nitrogens with zero attached hydrogens (tertiary/aromatic N) is 1. The third kappa shape index (κ3) is 5.57. The molecule has 34 heavy (non-hydrogen) atoms. The fraction of sp³-hybridized carbons (Fsp3) is 0.292. The maximum absolute atomic E-state index is 12.7. The fourth-order valence-electron chi connectivity index (χ4n) is 3.62. The monoisotopic (exact) mass is 481 g/mol. The van der Waals surface area contributed by atoms with Gasteiger partial charge in [0.1, 0.15) is 5.76 Å². The first-order valence-corrected chi connectivity index (χ1v) is 11.6. The van der Waals surface area contributed by atoms with Gasteiger partial charge in [-0.3, -0.25) is 14.4 Å². The highest BCUT2D eigenvalue weighted by Crippen LogP contribution is 2.32. The van der Waals surface area contributed by atoms with E-state index in [2.05, 4.69) is 15.6 Å². The Morgan fingerprint density at radius 3 is 2.71 bits per heavy atom. The number of benzene rings is 1. The number of Topliss-reactive ketones (excluding diaryl/α,β-unsaturated/α-hetero) is 1. The largest absolute Gasteiger partial charge is 0.460 e. The van der Waals surface area contributed by atoms with Crippen molar-refractivity contribution in [3.63, 3.8) is 0 Å². The minimum Gasteiger partial charge on any atom is -0.460 e. The average Bonchev–Trinajstić information content (AvgIpc) is 3.45. The predicted octanol–water partition coefficient (Wildman–Crippen LogP) is 3.16. The predicted molar refractivity (Wildman–Crippen MR) is 124 cm³/mol. The number of carbonyl (C=O) groups is 4. The van der Waals surface area contributed by atoms with Crippen molar-refractivity contribution in [2.75, 3.05) is 11.9 Å². The number of aromatic nitrogens is 1. The van der Waals surface area contributed by atoms with Gasteiger partial charge in [0.25, 0.3) is 0 Å². The topological polar surface area (TPSA) is 128 Å². The molecule has 0 saturated heterocycles. The van der Waals surface area contributed by atoms with Crippen molar-refractivity contribution >= 4 is 40.0 Å². The molecule has 1 unspecified atom stereocenters. The lowest BCUT2D eigenvalue weighted by atomic mass is 9.89. The van der Waals surface area contributed by atoms with Crippen LogP contribution >= 0.6 is 11.3 Å². The lowest BCUT2D eigenvalue weighted by Gasteiger charge is -2.19. The van der Waals surface area contributed by atoms with Gasteiger partial charge in [-0.05, 0) is 24.6 Å². The molecule has 10 heteroatoms. The van der Waals surface area contributed by atoms with E-state index < -0.39 is 11.9 Å². The number of carbonyl (C=O) groups excluding carboxylic acids is 4. The van der Waals surface area contributed by atoms with Gasteiger partial charge in [-0.2, -0.15) is 0 Å². The Morgan fingerprint density at radius 2 is 1.94 bits per heavy atom. The molecule has 0 saturated carbocycles. The number of fused-ring (bicyclic) bond motifs is 1. The Balaban J connectivity index is 1.33. The minimum atomic E-state index is -0.575. The summed E-state index contributed by atoms with van der Waals surface area (Å²) in [6.07, 6.45) is 0.559. The Bertz CT molecular complexity index is 1220. The molecule has 1 aliphatic rings. The van der Waals surface area contributed by atoms with Gasteiger partial charge in [0.05, 0.1) is 36.1 Å². The number of amides is 2. The number of anilines is 1. The van der Waals surface area contributed by atoms with Gasteiger partial charge in [-0.15, -0.1) is 0 Å². The van der Waals surface area contributed by atoms with Crippen LogP contribution in [0.3, 0.4) is 0 Å². The first-order chi connectivity index (χ1) is 16.4. The highest BCUT2D eigenvalue weighted by Gasteiger charge is 2.33. The van der Waals surface area contributed by atoms with Crippen LogP contribution < -0.4 is 10.6 Å². The summed E-state index contributed by atoms with van der Waals surface area (Å²) in [6, 6.07) is 12.4. The number of nitrogens with one attached hydrogen (secondary N) is 2. The van der Waals surface area contributed by atoms with Gasteiger partial charge < -0.3 is 19.8 Å². The highest BCUT2D eigenvalue weighted by molar-refractivity contribution is 7.17. The van der Waals surface area contributed by atoms with E-state index in [9.17, 15) is 19.2 Å². The van der Waals surface area contributed by atoms with Crippen LogP contribution in [-0.4, -0.2) is 35.2 Å². The number of hydrogen-bond donors (Lipinski definition) is 2. The maximum Gasteiger partial charge on any atom is 0.374 e. The van der Waals surface area contributed by atoms with Crippen LogP contribution in [0.5, 0.6) is 0 Å². The summed E-state index contributed by atoms with van der Waals surface area (Å²) in [5, 5.41) is 5.83. The van der Waals surface area contributed by atoms with Crippen molar-refractivity contribution in [3.8, 4) is 0 Å². The standard InChI is InChI=1S/C24H23N3O6S/c1-2-32-23(31)19-9-8-16(33-19)13-25-22(30)15-11-17-21(18(28)12-15)34-24(26-17)27-20(29)10-14-6-4-3-5-7-14/h3-9,15H,2,10-13H2,1H3,(H,25,30)(H,26,27,29). The highest BCUT2D eigenvalue weighted by atomic mass is 32.1. The van der Waals surface area contributed by atoms with Crippen molar-refractivity contribution in [1.82, 2.24) is 10.3 Å². The van der Waals surface area contributed by atoms with E-state index in [4.69, 9.17) is 9.15 Å². The number of thiazole rings is 1. The third-order valence-corrected chi connectivity index (χ3v) is 6.28. The fourth-order valence-corrected chi connectivity index (χ4v) is 4.58. The Morgan fingerprint density at radius 1 is 1.15 bits per heavy atom. The van der Waals surface area contributed by atoms with Crippen LogP contribution in [0, 0.1) is 5.92 Å². The van der Waals surface area contributed by atoms with Gasteiger partial charge in [0.2, 0.25) is 17.6 Å². The second-order valence-corrected chi connectivity index (χ2v) is 8.74. The van der Waals surface area contributed by atoms with E-state index >= 15 is 0 Å². The molecule has 0 radical (unpaired) electrons. The van der Waals surface area contributed by atoms with Crippen LogP contribution in [0.4, 0.5) is 5.13 Å². The molecule has 176 valence electrons. The van der Waals surface area contributed by atoms with Gasteiger partial charge >= 0.3 is 5.97 Å². The maximum atomic E-state index is 12.7. The molecule has 0 fully saturated rings.